The van der Waals surface area contributed by atoms with Crippen LogP contribution < -0.4 is 16.6 Å². The lowest BCUT2D eigenvalue weighted by Crippen LogP contribution is -2.37. The summed E-state index contributed by atoms with van der Waals surface area (Å²) < 4.78 is 30.3. The molecule has 2 heterocycles. The Labute approximate surface area is 164 Å². The molecule has 0 saturated carbocycles. The van der Waals surface area contributed by atoms with Crippen molar-refractivity contribution in [2.24, 2.45) is 14.1 Å². The monoisotopic (exact) mass is 405 g/mol. The molecule has 0 aliphatic carbocycles. The molecular formula is C19H21F2N5O3. The van der Waals surface area contributed by atoms with Crippen LogP contribution in [0.2, 0.25) is 0 Å². The molecule has 1 atom stereocenters. The molecule has 0 aliphatic rings. The van der Waals surface area contributed by atoms with Crippen LogP contribution in [0, 0.1) is 11.6 Å². The van der Waals surface area contributed by atoms with E-state index in [1.807, 2.05) is 0 Å². The quantitative estimate of drug-likeness (QED) is 0.671. The van der Waals surface area contributed by atoms with Crippen LogP contribution in [0.3, 0.4) is 0 Å². The first-order valence-electron chi connectivity index (χ1n) is 9.06. The number of benzene rings is 1. The van der Waals surface area contributed by atoms with Crippen molar-refractivity contribution in [1.29, 1.82) is 0 Å². The number of nitrogens with one attached hydrogen (secondary N) is 1. The molecule has 0 saturated heterocycles. The van der Waals surface area contributed by atoms with Gasteiger partial charge in [0, 0.05) is 27.1 Å². The summed E-state index contributed by atoms with van der Waals surface area (Å²) >= 11 is 0. The zero-order chi connectivity index (χ0) is 21.3. The van der Waals surface area contributed by atoms with Gasteiger partial charge in [-0.2, -0.15) is 0 Å². The van der Waals surface area contributed by atoms with E-state index in [0.29, 0.717) is 24.0 Å². The maximum atomic E-state index is 13.3. The van der Waals surface area contributed by atoms with Crippen molar-refractivity contribution < 1.29 is 13.6 Å². The molecule has 3 aromatic rings. The van der Waals surface area contributed by atoms with Gasteiger partial charge in [0.05, 0.1) is 12.4 Å². The van der Waals surface area contributed by atoms with Crippen LogP contribution in [-0.2, 0) is 25.4 Å². The SMILES string of the molecule is CC(NC(=O)CCCn1cnc2c1c(=O)n(C)c(=O)n2C)c1ccc(F)c(F)c1. The minimum Gasteiger partial charge on any atom is -0.350 e. The molecule has 1 amide bonds. The van der Waals surface area contributed by atoms with E-state index in [-0.39, 0.29) is 18.0 Å². The molecule has 0 spiro atoms. The fourth-order valence-electron chi connectivity index (χ4n) is 3.16. The molecule has 0 aliphatic heterocycles. The largest absolute Gasteiger partial charge is 0.350 e. The normalized spacial score (nSPS) is 12.3. The Hall–Kier alpha value is -3.30. The summed E-state index contributed by atoms with van der Waals surface area (Å²) in [5.74, 6) is -2.16. The van der Waals surface area contributed by atoms with E-state index in [1.165, 1.54) is 31.1 Å². The average molecular weight is 405 g/mol. The van der Waals surface area contributed by atoms with Crippen molar-refractivity contribution in [2.75, 3.05) is 0 Å². The molecular weight excluding hydrogens is 384 g/mol. The van der Waals surface area contributed by atoms with Crippen molar-refractivity contribution in [3.8, 4) is 0 Å². The second-order valence-electron chi connectivity index (χ2n) is 6.88. The van der Waals surface area contributed by atoms with Crippen molar-refractivity contribution in [1.82, 2.24) is 24.0 Å². The molecule has 0 bridgehead atoms. The lowest BCUT2D eigenvalue weighted by molar-refractivity contribution is -0.121. The van der Waals surface area contributed by atoms with E-state index in [9.17, 15) is 23.2 Å². The number of nitrogens with zero attached hydrogens (tertiary/aromatic N) is 4. The molecule has 8 nitrogen and oxygen atoms in total. The van der Waals surface area contributed by atoms with Crippen LogP contribution in [0.25, 0.3) is 11.2 Å². The van der Waals surface area contributed by atoms with E-state index >= 15 is 0 Å². The molecule has 2 aromatic heterocycles. The second-order valence-corrected chi connectivity index (χ2v) is 6.88. The van der Waals surface area contributed by atoms with Gasteiger partial charge in [-0.3, -0.25) is 18.7 Å². The third-order valence-electron chi connectivity index (χ3n) is 4.84. The Morgan fingerprint density at radius 1 is 1.17 bits per heavy atom. The fraction of sp³-hybridized carbons (Fsp3) is 0.368. The van der Waals surface area contributed by atoms with Crippen LogP contribution >= 0.6 is 0 Å². The number of fused-ring (bicyclic) bond motifs is 1. The molecule has 154 valence electrons. The second kappa shape index (κ2) is 7.98. The highest BCUT2D eigenvalue weighted by molar-refractivity contribution is 5.76. The summed E-state index contributed by atoms with van der Waals surface area (Å²) in [5, 5.41) is 2.73. The number of hydrogen-bond donors (Lipinski definition) is 1. The lowest BCUT2D eigenvalue weighted by atomic mass is 10.1. The first-order valence-corrected chi connectivity index (χ1v) is 9.06. The van der Waals surface area contributed by atoms with Crippen LogP contribution in [0.15, 0.2) is 34.1 Å². The number of aromatic nitrogens is 4. The van der Waals surface area contributed by atoms with E-state index in [4.69, 9.17) is 0 Å². The lowest BCUT2D eigenvalue weighted by Gasteiger charge is -2.14. The molecule has 0 fully saturated rings. The van der Waals surface area contributed by atoms with Crippen LogP contribution in [0.5, 0.6) is 0 Å². The van der Waals surface area contributed by atoms with Crippen molar-refractivity contribution >= 4 is 17.1 Å². The zero-order valence-electron chi connectivity index (χ0n) is 16.3. The van der Waals surface area contributed by atoms with Gasteiger partial charge in [-0.25, -0.2) is 18.6 Å². The minimum atomic E-state index is -0.966. The Kier molecular flexibility index (Phi) is 5.62. The van der Waals surface area contributed by atoms with E-state index in [1.54, 1.807) is 11.5 Å². The third-order valence-corrected chi connectivity index (χ3v) is 4.84. The number of halogens is 2. The van der Waals surface area contributed by atoms with Gasteiger partial charge in [0.15, 0.2) is 22.8 Å². The first kappa shape index (κ1) is 20.4. The maximum absolute atomic E-state index is 13.3. The number of carbonyl (C=O) groups is 1. The summed E-state index contributed by atoms with van der Waals surface area (Å²) in [6.45, 7) is 2.04. The molecule has 0 radical (unpaired) electrons. The van der Waals surface area contributed by atoms with E-state index in [0.717, 1.165) is 16.7 Å². The highest BCUT2D eigenvalue weighted by Crippen LogP contribution is 2.16. The van der Waals surface area contributed by atoms with Gasteiger partial charge >= 0.3 is 5.69 Å². The van der Waals surface area contributed by atoms with Crippen molar-refractivity contribution in [2.45, 2.75) is 32.4 Å². The summed E-state index contributed by atoms with van der Waals surface area (Å²) in [5.41, 5.74) is 0.136. The Morgan fingerprint density at radius 2 is 1.90 bits per heavy atom. The third kappa shape index (κ3) is 3.96. The highest BCUT2D eigenvalue weighted by Gasteiger charge is 2.15. The number of rotatable bonds is 6. The Morgan fingerprint density at radius 3 is 2.59 bits per heavy atom. The number of carbonyl (C=O) groups excluding carboxylic acids is 1. The fourth-order valence-corrected chi connectivity index (χ4v) is 3.16. The number of aryl methyl sites for hydroxylation is 2. The summed E-state index contributed by atoms with van der Waals surface area (Å²) in [6, 6.07) is 3.01. The van der Waals surface area contributed by atoms with Gasteiger partial charge in [0.1, 0.15) is 0 Å². The molecule has 1 N–H and O–H groups in total. The maximum Gasteiger partial charge on any atom is 0.332 e. The Bertz CT molecular complexity index is 1190. The number of amides is 1. The molecule has 1 unspecified atom stereocenters. The standard InChI is InChI=1S/C19H21F2N5O3/c1-11(12-6-7-13(20)14(21)9-12)23-15(27)5-4-8-26-10-22-17-16(26)18(28)25(3)19(29)24(17)2/h6-7,9-11H,4-5,8H2,1-3H3,(H,23,27). The number of imidazole rings is 1. The van der Waals surface area contributed by atoms with Crippen LogP contribution in [0.1, 0.15) is 31.4 Å². The highest BCUT2D eigenvalue weighted by atomic mass is 19.2. The van der Waals surface area contributed by atoms with Crippen LogP contribution in [-0.4, -0.2) is 24.6 Å². The predicted octanol–water partition coefficient (Wildman–Crippen LogP) is 1.37. The smallest absolute Gasteiger partial charge is 0.332 e. The Balaban J connectivity index is 1.64. The predicted molar refractivity (Wildman–Crippen MR) is 102 cm³/mol. The van der Waals surface area contributed by atoms with Gasteiger partial charge < -0.3 is 9.88 Å². The summed E-state index contributed by atoms with van der Waals surface area (Å²) in [7, 11) is 2.93. The molecule has 29 heavy (non-hydrogen) atoms. The molecule has 3 rings (SSSR count). The van der Waals surface area contributed by atoms with Gasteiger partial charge in [0.2, 0.25) is 5.91 Å². The topological polar surface area (TPSA) is 90.9 Å². The van der Waals surface area contributed by atoms with Gasteiger partial charge in [-0.05, 0) is 31.0 Å². The summed E-state index contributed by atoms with van der Waals surface area (Å²) in [6.07, 6.45) is 2.06. The van der Waals surface area contributed by atoms with Gasteiger partial charge in [0.25, 0.3) is 5.56 Å². The molecule has 10 heteroatoms. The molecule has 1 aromatic carbocycles. The van der Waals surface area contributed by atoms with Crippen molar-refractivity contribution in [3.05, 3.63) is 62.6 Å². The van der Waals surface area contributed by atoms with Gasteiger partial charge in [-0.1, -0.05) is 6.07 Å². The summed E-state index contributed by atoms with van der Waals surface area (Å²) in [4.78, 5) is 40.6. The first-order chi connectivity index (χ1) is 13.7. The number of hydrogen-bond acceptors (Lipinski definition) is 4. The van der Waals surface area contributed by atoms with E-state index < -0.39 is 28.9 Å². The minimum absolute atomic E-state index is 0.166. The van der Waals surface area contributed by atoms with Gasteiger partial charge in [-0.15, -0.1) is 0 Å². The average Bonchev–Trinajstić information content (AvgIpc) is 3.10. The van der Waals surface area contributed by atoms with E-state index in [2.05, 4.69) is 10.3 Å². The zero-order valence-corrected chi connectivity index (χ0v) is 16.3. The van der Waals surface area contributed by atoms with Crippen molar-refractivity contribution in [3.63, 3.8) is 0 Å². The van der Waals surface area contributed by atoms with Crippen LogP contribution in [0.4, 0.5) is 8.78 Å².